The number of hydrogen-bond acceptors (Lipinski definition) is 4. The summed E-state index contributed by atoms with van der Waals surface area (Å²) in [7, 11) is 1.34. The van der Waals surface area contributed by atoms with Crippen LogP contribution in [0.4, 0.5) is 16.2 Å². The van der Waals surface area contributed by atoms with Gasteiger partial charge in [0.15, 0.2) is 0 Å². The monoisotopic (exact) mass is 342 g/mol. The van der Waals surface area contributed by atoms with Crippen LogP contribution in [0.25, 0.3) is 0 Å². The molecule has 1 aliphatic heterocycles. The third-order valence-electron chi connectivity index (χ3n) is 3.73. The van der Waals surface area contributed by atoms with Gasteiger partial charge in [0.1, 0.15) is 0 Å². The Morgan fingerprint density at radius 2 is 1.88 bits per heavy atom. The number of benzene rings is 2. The van der Waals surface area contributed by atoms with E-state index in [0.717, 1.165) is 10.6 Å². The Balaban J connectivity index is 1.77. The molecule has 6 heteroatoms. The molecule has 0 fully saturated rings. The molecule has 3 rings (SSSR count). The van der Waals surface area contributed by atoms with Crippen LogP contribution in [-0.4, -0.2) is 30.9 Å². The summed E-state index contributed by atoms with van der Waals surface area (Å²) in [6.07, 6.45) is 0. The minimum absolute atomic E-state index is 0.180. The van der Waals surface area contributed by atoms with E-state index in [1.54, 1.807) is 40.9 Å². The van der Waals surface area contributed by atoms with Gasteiger partial charge in [0.25, 0.3) is 0 Å². The van der Waals surface area contributed by atoms with Crippen molar-refractivity contribution >= 4 is 35.1 Å². The summed E-state index contributed by atoms with van der Waals surface area (Å²) < 4.78 is 4.67. The second-order valence-electron chi connectivity index (χ2n) is 5.51. The van der Waals surface area contributed by atoms with Crippen molar-refractivity contribution in [2.24, 2.45) is 0 Å². The van der Waals surface area contributed by atoms with Gasteiger partial charge in [0.05, 0.1) is 18.4 Å². The van der Waals surface area contributed by atoms with Gasteiger partial charge in [-0.15, -0.1) is 11.8 Å². The second kappa shape index (κ2) is 6.97. The lowest BCUT2D eigenvalue weighted by molar-refractivity contribution is 0.0601. The van der Waals surface area contributed by atoms with Gasteiger partial charge in [0, 0.05) is 22.4 Å². The largest absolute Gasteiger partial charge is 0.465 e. The van der Waals surface area contributed by atoms with Gasteiger partial charge >= 0.3 is 12.0 Å². The molecular weight excluding hydrogens is 324 g/mol. The maximum absolute atomic E-state index is 12.7. The second-order valence-corrected chi connectivity index (χ2v) is 6.99. The molecule has 0 radical (unpaired) electrons. The van der Waals surface area contributed by atoms with Crippen LogP contribution >= 0.6 is 11.8 Å². The van der Waals surface area contributed by atoms with E-state index in [0.29, 0.717) is 23.0 Å². The minimum Gasteiger partial charge on any atom is -0.465 e. The van der Waals surface area contributed by atoms with Gasteiger partial charge in [0.2, 0.25) is 0 Å². The number of anilines is 2. The van der Waals surface area contributed by atoms with E-state index in [-0.39, 0.29) is 6.03 Å². The zero-order chi connectivity index (χ0) is 17.1. The number of para-hydroxylation sites is 1. The van der Waals surface area contributed by atoms with Crippen LogP contribution < -0.4 is 10.2 Å². The quantitative estimate of drug-likeness (QED) is 0.838. The standard InChI is InChI=1S/C18H18N2O3S/c1-12-11-20(15-5-3-4-6-16(15)24-12)18(22)19-14-9-7-13(8-10-14)17(21)23-2/h3-10,12H,11H2,1-2H3,(H,19,22). The molecule has 0 spiro atoms. The lowest BCUT2D eigenvalue weighted by Gasteiger charge is -2.32. The third kappa shape index (κ3) is 3.38. The van der Waals surface area contributed by atoms with Gasteiger partial charge < -0.3 is 10.1 Å². The number of amides is 2. The molecular formula is C18H18N2O3S. The molecule has 5 nitrogen and oxygen atoms in total. The molecule has 0 aromatic heterocycles. The number of rotatable bonds is 2. The summed E-state index contributed by atoms with van der Waals surface area (Å²) in [5, 5.41) is 3.21. The summed E-state index contributed by atoms with van der Waals surface area (Å²) in [5.74, 6) is -0.399. The highest BCUT2D eigenvalue weighted by atomic mass is 32.2. The Bertz CT molecular complexity index is 761. The number of thioether (sulfide) groups is 1. The Morgan fingerprint density at radius 1 is 1.17 bits per heavy atom. The SMILES string of the molecule is COC(=O)c1ccc(NC(=O)N2CC(C)Sc3ccccc32)cc1. The van der Waals surface area contributed by atoms with Crippen LogP contribution in [0.5, 0.6) is 0 Å². The molecule has 1 heterocycles. The van der Waals surface area contributed by atoms with Crippen molar-refractivity contribution in [3.05, 3.63) is 54.1 Å². The topological polar surface area (TPSA) is 58.6 Å². The molecule has 0 saturated heterocycles. The smallest absolute Gasteiger partial charge is 0.337 e. The zero-order valence-corrected chi connectivity index (χ0v) is 14.3. The van der Waals surface area contributed by atoms with Crippen molar-refractivity contribution in [1.82, 2.24) is 0 Å². The maximum Gasteiger partial charge on any atom is 0.337 e. The Hall–Kier alpha value is -2.47. The molecule has 0 saturated carbocycles. The fraction of sp³-hybridized carbons (Fsp3) is 0.222. The number of carbonyl (C=O) groups excluding carboxylic acids is 2. The van der Waals surface area contributed by atoms with E-state index in [9.17, 15) is 9.59 Å². The number of nitrogens with zero attached hydrogens (tertiary/aromatic N) is 1. The van der Waals surface area contributed by atoms with Crippen molar-refractivity contribution in [3.8, 4) is 0 Å². The molecule has 0 bridgehead atoms. The average molecular weight is 342 g/mol. The van der Waals surface area contributed by atoms with Crippen LogP contribution in [0.15, 0.2) is 53.4 Å². The highest BCUT2D eigenvalue weighted by molar-refractivity contribution is 8.00. The number of hydrogen-bond donors (Lipinski definition) is 1. The Morgan fingerprint density at radius 3 is 2.58 bits per heavy atom. The number of ether oxygens (including phenoxy) is 1. The van der Waals surface area contributed by atoms with Crippen molar-refractivity contribution in [2.45, 2.75) is 17.1 Å². The zero-order valence-electron chi connectivity index (χ0n) is 13.5. The van der Waals surface area contributed by atoms with E-state index in [1.165, 1.54) is 7.11 Å². The summed E-state index contributed by atoms with van der Waals surface area (Å²) in [5.41, 5.74) is 2.00. The third-order valence-corrected chi connectivity index (χ3v) is 4.88. The first kappa shape index (κ1) is 16.4. The molecule has 124 valence electrons. The van der Waals surface area contributed by atoms with Gasteiger partial charge in [-0.25, -0.2) is 9.59 Å². The normalized spacial score (nSPS) is 16.2. The van der Waals surface area contributed by atoms with E-state index < -0.39 is 5.97 Å². The van der Waals surface area contributed by atoms with E-state index in [1.807, 2.05) is 24.3 Å². The van der Waals surface area contributed by atoms with E-state index in [4.69, 9.17) is 0 Å². The van der Waals surface area contributed by atoms with Crippen LogP contribution in [-0.2, 0) is 4.74 Å². The molecule has 2 aromatic rings. The van der Waals surface area contributed by atoms with Crippen molar-refractivity contribution in [2.75, 3.05) is 23.9 Å². The predicted molar refractivity (Wildman–Crippen MR) is 95.9 cm³/mol. The van der Waals surface area contributed by atoms with Crippen molar-refractivity contribution < 1.29 is 14.3 Å². The molecule has 1 N–H and O–H groups in total. The van der Waals surface area contributed by atoms with Gasteiger partial charge in [-0.1, -0.05) is 19.1 Å². The number of carbonyl (C=O) groups is 2. The summed E-state index contributed by atoms with van der Waals surface area (Å²) in [6, 6.07) is 14.4. The lowest BCUT2D eigenvalue weighted by Crippen LogP contribution is -2.41. The molecule has 1 atom stereocenters. The maximum atomic E-state index is 12.7. The Kier molecular flexibility index (Phi) is 4.76. The summed E-state index contributed by atoms with van der Waals surface area (Å²) >= 11 is 1.77. The number of fused-ring (bicyclic) bond motifs is 1. The van der Waals surface area contributed by atoms with E-state index >= 15 is 0 Å². The number of esters is 1. The number of methoxy groups -OCH3 is 1. The van der Waals surface area contributed by atoms with Crippen LogP contribution in [0.1, 0.15) is 17.3 Å². The molecule has 24 heavy (non-hydrogen) atoms. The Labute approximate surface area is 145 Å². The first-order valence-corrected chi connectivity index (χ1v) is 8.49. The highest BCUT2D eigenvalue weighted by Crippen LogP contribution is 2.38. The lowest BCUT2D eigenvalue weighted by atomic mass is 10.2. The highest BCUT2D eigenvalue weighted by Gasteiger charge is 2.26. The first-order valence-electron chi connectivity index (χ1n) is 7.61. The fourth-order valence-electron chi connectivity index (χ4n) is 2.58. The van der Waals surface area contributed by atoms with Crippen molar-refractivity contribution in [1.29, 1.82) is 0 Å². The predicted octanol–water partition coefficient (Wildman–Crippen LogP) is 4.01. The summed E-state index contributed by atoms with van der Waals surface area (Å²) in [6.45, 7) is 2.75. The van der Waals surface area contributed by atoms with Crippen molar-refractivity contribution in [3.63, 3.8) is 0 Å². The van der Waals surface area contributed by atoms with Crippen LogP contribution in [0.2, 0.25) is 0 Å². The van der Waals surface area contributed by atoms with E-state index in [2.05, 4.69) is 17.0 Å². The first-order chi connectivity index (χ1) is 11.6. The van der Waals surface area contributed by atoms with Crippen LogP contribution in [0.3, 0.4) is 0 Å². The molecule has 2 amide bonds. The van der Waals surface area contributed by atoms with Gasteiger partial charge in [-0.3, -0.25) is 4.90 Å². The number of nitrogens with one attached hydrogen (secondary N) is 1. The average Bonchev–Trinajstić information content (AvgIpc) is 2.60. The molecule has 0 aliphatic carbocycles. The van der Waals surface area contributed by atoms with Gasteiger partial charge in [-0.2, -0.15) is 0 Å². The summed E-state index contributed by atoms with van der Waals surface area (Å²) in [4.78, 5) is 27.0. The number of urea groups is 1. The minimum atomic E-state index is -0.399. The van der Waals surface area contributed by atoms with Crippen LogP contribution in [0, 0.1) is 0 Å². The molecule has 1 aliphatic rings. The molecule has 1 unspecified atom stereocenters. The van der Waals surface area contributed by atoms with Gasteiger partial charge in [-0.05, 0) is 36.4 Å². The fourth-order valence-corrected chi connectivity index (χ4v) is 3.69. The molecule has 2 aromatic carbocycles.